The molecule has 0 saturated heterocycles. The van der Waals surface area contributed by atoms with E-state index in [2.05, 4.69) is 15.1 Å². The Morgan fingerprint density at radius 3 is 2.43 bits per heavy atom. The third-order valence-corrected chi connectivity index (χ3v) is 5.83. The number of carbonyl (C=O) groups excluding carboxylic acids is 3. The van der Waals surface area contributed by atoms with Crippen LogP contribution in [0.5, 0.6) is 0 Å². The van der Waals surface area contributed by atoms with Crippen molar-refractivity contribution in [1.29, 1.82) is 0 Å². The lowest BCUT2D eigenvalue weighted by Gasteiger charge is -2.14. The second-order valence-electron chi connectivity index (χ2n) is 6.63. The molecule has 0 bridgehead atoms. The summed E-state index contributed by atoms with van der Waals surface area (Å²) in [5.74, 6) is -2.09. The molecule has 0 spiro atoms. The summed E-state index contributed by atoms with van der Waals surface area (Å²) >= 11 is 0. The quantitative estimate of drug-likeness (QED) is 0.528. The fourth-order valence-corrected chi connectivity index (χ4v) is 4.08. The molecule has 2 aromatic heterocycles. The maximum atomic E-state index is 12.3. The van der Waals surface area contributed by atoms with E-state index in [1.807, 2.05) is 0 Å². The van der Waals surface area contributed by atoms with E-state index in [9.17, 15) is 22.8 Å². The van der Waals surface area contributed by atoms with Crippen molar-refractivity contribution in [3.8, 4) is 0 Å². The lowest BCUT2D eigenvalue weighted by molar-refractivity contribution is -0.121. The highest BCUT2D eigenvalue weighted by molar-refractivity contribution is 7.92. The third kappa shape index (κ3) is 3.87. The van der Waals surface area contributed by atoms with Gasteiger partial charge in [0.25, 0.3) is 11.8 Å². The smallest absolute Gasteiger partial charge is 0.262 e. The van der Waals surface area contributed by atoms with Crippen LogP contribution in [-0.2, 0) is 14.8 Å². The van der Waals surface area contributed by atoms with Crippen LogP contribution in [0.4, 0.5) is 5.69 Å². The SMILES string of the molecule is O=C(CN1C(=O)c2ccccc2C1=O)NCCS(=O)(=O)Nc1ccn2nccc2c1. The first-order valence-electron chi connectivity index (χ1n) is 9.00. The summed E-state index contributed by atoms with van der Waals surface area (Å²) < 4.78 is 28.5. The van der Waals surface area contributed by atoms with Crippen molar-refractivity contribution >= 4 is 38.9 Å². The summed E-state index contributed by atoms with van der Waals surface area (Å²) in [5, 5.41) is 6.46. The number of aromatic nitrogens is 2. The Kier molecular flexibility index (Phi) is 4.96. The molecule has 0 saturated carbocycles. The molecule has 2 N–H and O–H groups in total. The van der Waals surface area contributed by atoms with Crippen LogP contribution in [-0.4, -0.2) is 59.5 Å². The van der Waals surface area contributed by atoms with Crippen molar-refractivity contribution in [1.82, 2.24) is 19.8 Å². The van der Waals surface area contributed by atoms with Crippen LogP contribution < -0.4 is 10.0 Å². The van der Waals surface area contributed by atoms with E-state index in [1.54, 1.807) is 47.2 Å². The number of nitrogens with zero attached hydrogens (tertiary/aromatic N) is 3. The molecule has 0 radical (unpaired) electrons. The molecule has 0 atom stereocenters. The summed E-state index contributed by atoms with van der Waals surface area (Å²) in [6, 6.07) is 11.2. The van der Waals surface area contributed by atoms with E-state index in [0.29, 0.717) is 5.69 Å². The highest BCUT2D eigenvalue weighted by atomic mass is 32.2. The summed E-state index contributed by atoms with van der Waals surface area (Å²) in [5.41, 5.74) is 1.60. The molecular formula is C19H17N5O5S. The molecule has 0 aliphatic carbocycles. The second-order valence-corrected chi connectivity index (χ2v) is 8.47. The molecule has 30 heavy (non-hydrogen) atoms. The zero-order chi connectivity index (χ0) is 21.3. The number of carbonyl (C=O) groups is 3. The van der Waals surface area contributed by atoms with Gasteiger partial charge in [-0.3, -0.25) is 24.0 Å². The molecule has 1 aliphatic heterocycles. The molecule has 1 aliphatic rings. The monoisotopic (exact) mass is 427 g/mol. The minimum Gasteiger partial charge on any atom is -0.353 e. The topological polar surface area (TPSA) is 130 Å². The van der Waals surface area contributed by atoms with Gasteiger partial charge < -0.3 is 5.32 Å². The van der Waals surface area contributed by atoms with Crippen molar-refractivity contribution in [2.75, 3.05) is 23.6 Å². The van der Waals surface area contributed by atoms with E-state index in [-0.39, 0.29) is 23.4 Å². The Bertz CT molecular complexity index is 1230. The zero-order valence-electron chi connectivity index (χ0n) is 15.6. The van der Waals surface area contributed by atoms with Gasteiger partial charge in [-0.15, -0.1) is 0 Å². The third-order valence-electron chi connectivity index (χ3n) is 4.55. The van der Waals surface area contributed by atoms with E-state index < -0.39 is 34.3 Å². The van der Waals surface area contributed by atoms with Gasteiger partial charge in [0.15, 0.2) is 0 Å². The van der Waals surface area contributed by atoms with Crippen molar-refractivity contribution in [3.05, 3.63) is 66.0 Å². The first-order chi connectivity index (χ1) is 14.3. The number of amides is 3. The number of pyridine rings is 1. The van der Waals surface area contributed by atoms with Gasteiger partial charge in [0.1, 0.15) is 6.54 Å². The van der Waals surface area contributed by atoms with E-state index >= 15 is 0 Å². The van der Waals surface area contributed by atoms with Crippen molar-refractivity contribution in [2.24, 2.45) is 0 Å². The lowest BCUT2D eigenvalue weighted by Crippen LogP contribution is -2.41. The van der Waals surface area contributed by atoms with E-state index in [0.717, 1.165) is 10.4 Å². The highest BCUT2D eigenvalue weighted by Crippen LogP contribution is 2.21. The van der Waals surface area contributed by atoms with Crippen molar-refractivity contribution in [3.63, 3.8) is 0 Å². The van der Waals surface area contributed by atoms with Crippen LogP contribution in [0, 0.1) is 0 Å². The van der Waals surface area contributed by atoms with Gasteiger partial charge in [-0.1, -0.05) is 12.1 Å². The summed E-state index contributed by atoms with van der Waals surface area (Å²) in [7, 11) is -3.72. The minimum atomic E-state index is -3.72. The highest BCUT2D eigenvalue weighted by Gasteiger charge is 2.36. The number of fused-ring (bicyclic) bond motifs is 2. The van der Waals surface area contributed by atoms with Gasteiger partial charge in [0.05, 0.1) is 28.1 Å². The number of benzene rings is 1. The summed E-state index contributed by atoms with van der Waals surface area (Å²) in [4.78, 5) is 37.5. The molecule has 1 aromatic carbocycles. The number of hydrogen-bond acceptors (Lipinski definition) is 6. The zero-order valence-corrected chi connectivity index (χ0v) is 16.4. The van der Waals surface area contributed by atoms with E-state index in [1.165, 1.54) is 12.1 Å². The number of nitrogens with one attached hydrogen (secondary N) is 2. The Morgan fingerprint density at radius 1 is 1.03 bits per heavy atom. The molecule has 0 fully saturated rings. The largest absolute Gasteiger partial charge is 0.353 e. The average molecular weight is 427 g/mol. The predicted octanol–water partition coefficient (Wildman–Crippen LogP) is 0.488. The first-order valence-corrected chi connectivity index (χ1v) is 10.7. The molecule has 0 unspecified atom stereocenters. The molecule has 3 aromatic rings. The van der Waals surface area contributed by atoms with Gasteiger partial charge >= 0.3 is 0 Å². The van der Waals surface area contributed by atoms with Gasteiger partial charge in [-0.05, 0) is 30.3 Å². The summed E-state index contributed by atoms with van der Waals surface area (Å²) in [6.07, 6.45) is 3.22. The van der Waals surface area contributed by atoms with Crippen LogP contribution in [0.25, 0.3) is 5.52 Å². The maximum Gasteiger partial charge on any atom is 0.262 e. The van der Waals surface area contributed by atoms with Crippen LogP contribution in [0.15, 0.2) is 54.9 Å². The number of anilines is 1. The Balaban J connectivity index is 1.30. The molecule has 3 heterocycles. The fraction of sp³-hybridized carbons (Fsp3) is 0.158. The lowest BCUT2D eigenvalue weighted by atomic mass is 10.1. The average Bonchev–Trinajstić information content (AvgIpc) is 3.26. The number of imide groups is 1. The maximum absolute atomic E-state index is 12.3. The minimum absolute atomic E-state index is 0.174. The number of sulfonamides is 1. The van der Waals surface area contributed by atoms with Gasteiger partial charge in [-0.2, -0.15) is 5.10 Å². The van der Waals surface area contributed by atoms with Gasteiger partial charge in [0.2, 0.25) is 15.9 Å². The fourth-order valence-electron chi connectivity index (χ4n) is 3.12. The van der Waals surface area contributed by atoms with Crippen LogP contribution in [0.3, 0.4) is 0 Å². The molecule has 4 rings (SSSR count). The van der Waals surface area contributed by atoms with E-state index in [4.69, 9.17) is 0 Å². The Hall–Kier alpha value is -3.73. The van der Waals surface area contributed by atoms with Crippen LogP contribution in [0.2, 0.25) is 0 Å². The molecule has 154 valence electrons. The predicted molar refractivity (Wildman–Crippen MR) is 107 cm³/mol. The Morgan fingerprint density at radius 2 is 1.73 bits per heavy atom. The molecule has 3 amide bonds. The van der Waals surface area contributed by atoms with Gasteiger partial charge in [0, 0.05) is 18.9 Å². The number of rotatable bonds is 7. The Labute approximate surface area is 171 Å². The van der Waals surface area contributed by atoms with Crippen LogP contribution in [0.1, 0.15) is 20.7 Å². The van der Waals surface area contributed by atoms with Crippen LogP contribution >= 0.6 is 0 Å². The van der Waals surface area contributed by atoms with Gasteiger partial charge in [-0.25, -0.2) is 12.9 Å². The standard InChI is InChI=1S/C19H17N5O5S/c25-17(12-23-18(26)15-3-1-2-4-16(15)19(23)27)20-8-10-30(28,29)22-13-6-9-24-14(11-13)5-7-21-24/h1-7,9,11,22H,8,10,12H2,(H,20,25). The first kappa shape index (κ1) is 19.6. The molecular weight excluding hydrogens is 410 g/mol. The summed E-state index contributed by atoms with van der Waals surface area (Å²) in [6.45, 7) is -0.649. The van der Waals surface area contributed by atoms with Crippen molar-refractivity contribution in [2.45, 2.75) is 0 Å². The number of hydrogen-bond donors (Lipinski definition) is 2. The normalized spacial score (nSPS) is 13.5. The second kappa shape index (κ2) is 7.59. The molecule has 10 nitrogen and oxygen atoms in total. The molecule has 11 heteroatoms. The van der Waals surface area contributed by atoms with Crippen molar-refractivity contribution < 1.29 is 22.8 Å².